The number of hydrogen-bond acceptors (Lipinski definition) is 3. The Hall–Kier alpha value is -1.88. The molecule has 2 aromatic rings. The first-order valence-corrected chi connectivity index (χ1v) is 9.21. The predicted molar refractivity (Wildman–Crippen MR) is 102 cm³/mol. The van der Waals surface area contributed by atoms with Crippen molar-refractivity contribution in [1.82, 2.24) is 9.88 Å². The van der Waals surface area contributed by atoms with Gasteiger partial charge in [0.2, 0.25) is 5.91 Å². The van der Waals surface area contributed by atoms with Crippen LogP contribution in [0.4, 0.5) is 0 Å². The lowest BCUT2D eigenvalue weighted by atomic mass is 10.1. The van der Waals surface area contributed by atoms with Gasteiger partial charge < -0.3 is 9.64 Å². The minimum Gasteiger partial charge on any atom is -0.496 e. The Kier molecular flexibility index (Phi) is 5.13. The Balaban J connectivity index is 1.68. The summed E-state index contributed by atoms with van der Waals surface area (Å²) in [4.78, 5) is 19.0. The monoisotopic (exact) mass is 402 g/mol. The third-order valence-corrected chi connectivity index (χ3v) is 5.39. The Morgan fingerprint density at radius 1 is 1.40 bits per heavy atom. The van der Waals surface area contributed by atoms with Crippen LogP contribution in [-0.2, 0) is 11.3 Å². The molecule has 1 amide bonds. The summed E-state index contributed by atoms with van der Waals surface area (Å²) in [7, 11) is 3.52. The molecule has 0 bridgehead atoms. The van der Waals surface area contributed by atoms with Crippen LogP contribution in [0.15, 0.2) is 34.9 Å². The van der Waals surface area contributed by atoms with Gasteiger partial charge in [-0.15, -0.1) is 0 Å². The van der Waals surface area contributed by atoms with E-state index in [1.165, 1.54) is 5.56 Å². The van der Waals surface area contributed by atoms with Gasteiger partial charge in [-0.3, -0.25) is 9.78 Å². The number of amides is 1. The molecule has 1 heterocycles. The minimum absolute atomic E-state index is 0.0759. The van der Waals surface area contributed by atoms with Crippen molar-refractivity contribution in [1.29, 1.82) is 0 Å². The van der Waals surface area contributed by atoms with E-state index in [0.717, 1.165) is 33.5 Å². The summed E-state index contributed by atoms with van der Waals surface area (Å²) in [5.41, 5.74) is 4.13. The summed E-state index contributed by atoms with van der Waals surface area (Å²) in [6.45, 7) is 4.47. The second-order valence-electron chi connectivity index (χ2n) is 6.74. The molecule has 2 unspecified atom stereocenters. The zero-order valence-electron chi connectivity index (χ0n) is 15.0. The highest BCUT2D eigenvalue weighted by molar-refractivity contribution is 9.10. The standard InChI is InChI=1S/C20H23BrN2O2/c1-12-10-22-18(13(2)19(12)25-4)11-23(3)20(24)17-9-16(17)14-6-5-7-15(21)8-14/h5-8,10,16-17H,9,11H2,1-4H3. The van der Waals surface area contributed by atoms with E-state index < -0.39 is 0 Å². The third kappa shape index (κ3) is 3.71. The molecule has 1 aliphatic rings. The number of pyridine rings is 1. The molecule has 0 saturated heterocycles. The highest BCUT2D eigenvalue weighted by Crippen LogP contribution is 2.48. The fraction of sp³-hybridized carbons (Fsp3) is 0.400. The quantitative estimate of drug-likeness (QED) is 0.751. The molecule has 1 fully saturated rings. The number of aromatic nitrogens is 1. The molecule has 1 saturated carbocycles. The molecule has 1 aromatic heterocycles. The fourth-order valence-electron chi connectivity index (χ4n) is 3.39. The van der Waals surface area contributed by atoms with Gasteiger partial charge in [0.1, 0.15) is 5.75 Å². The molecule has 3 rings (SSSR count). The van der Waals surface area contributed by atoms with Gasteiger partial charge in [0.25, 0.3) is 0 Å². The first-order valence-electron chi connectivity index (χ1n) is 8.42. The molecule has 132 valence electrons. The van der Waals surface area contributed by atoms with Crippen LogP contribution < -0.4 is 4.74 Å². The molecule has 2 atom stereocenters. The van der Waals surface area contributed by atoms with E-state index in [2.05, 4.69) is 33.0 Å². The van der Waals surface area contributed by atoms with E-state index >= 15 is 0 Å². The number of nitrogens with zero attached hydrogens (tertiary/aromatic N) is 2. The van der Waals surface area contributed by atoms with Crippen molar-refractivity contribution >= 4 is 21.8 Å². The zero-order valence-corrected chi connectivity index (χ0v) is 16.6. The van der Waals surface area contributed by atoms with E-state index in [-0.39, 0.29) is 11.8 Å². The van der Waals surface area contributed by atoms with E-state index in [0.29, 0.717) is 12.5 Å². The number of rotatable bonds is 5. The molecule has 0 radical (unpaired) electrons. The van der Waals surface area contributed by atoms with Crippen LogP contribution in [0.5, 0.6) is 5.75 Å². The van der Waals surface area contributed by atoms with Crippen LogP contribution in [0, 0.1) is 19.8 Å². The number of ether oxygens (including phenoxy) is 1. The summed E-state index contributed by atoms with van der Waals surface area (Å²) in [5, 5.41) is 0. The molecule has 0 N–H and O–H groups in total. The highest BCUT2D eigenvalue weighted by atomic mass is 79.9. The smallest absolute Gasteiger partial charge is 0.226 e. The summed E-state index contributed by atoms with van der Waals surface area (Å²) in [6, 6.07) is 8.23. The van der Waals surface area contributed by atoms with Gasteiger partial charge in [-0.25, -0.2) is 0 Å². The first-order chi connectivity index (χ1) is 11.9. The molecular formula is C20H23BrN2O2. The average Bonchev–Trinajstić information content (AvgIpc) is 3.38. The van der Waals surface area contributed by atoms with Crippen LogP contribution in [0.3, 0.4) is 0 Å². The molecule has 5 heteroatoms. The molecule has 1 aliphatic carbocycles. The average molecular weight is 403 g/mol. The minimum atomic E-state index is 0.0759. The Morgan fingerprint density at radius 3 is 2.84 bits per heavy atom. The molecular weight excluding hydrogens is 380 g/mol. The van der Waals surface area contributed by atoms with E-state index in [4.69, 9.17) is 4.74 Å². The topological polar surface area (TPSA) is 42.4 Å². The largest absolute Gasteiger partial charge is 0.496 e. The second kappa shape index (κ2) is 7.16. The third-order valence-electron chi connectivity index (χ3n) is 4.90. The Bertz CT molecular complexity index is 806. The number of hydrogen-bond donors (Lipinski definition) is 0. The number of methoxy groups -OCH3 is 1. The molecule has 1 aromatic carbocycles. The van der Waals surface area contributed by atoms with Crippen molar-refractivity contribution in [2.45, 2.75) is 32.7 Å². The van der Waals surface area contributed by atoms with E-state index in [1.54, 1.807) is 18.2 Å². The number of benzene rings is 1. The maximum absolute atomic E-state index is 12.8. The lowest BCUT2D eigenvalue weighted by Crippen LogP contribution is -2.28. The Morgan fingerprint density at radius 2 is 2.16 bits per heavy atom. The van der Waals surface area contributed by atoms with Crippen LogP contribution in [0.2, 0.25) is 0 Å². The first kappa shape index (κ1) is 17.9. The lowest BCUT2D eigenvalue weighted by Gasteiger charge is -2.19. The van der Waals surface area contributed by atoms with Gasteiger partial charge >= 0.3 is 0 Å². The Labute approximate surface area is 157 Å². The van der Waals surface area contributed by atoms with Crippen molar-refractivity contribution in [2.24, 2.45) is 5.92 Å². The number of carbonyl (C=O) groups is 1. The number of carbonyl (C=O) groups excluding carboxylic acids is 1. The summed E-state index contributed by atoms with van der Waals surface area (Å²) < 4.78 is 6.51. The second-order valence-corrected chi connectivity index (χ2v) is 7.66. The van der Waals surface area contributed by atoms with Gasteiger partial charge in [0.15, 0.2) is 0 Å². The van der Waals surface area contributed by atoms with Gasteiger partial charge in [0, 0.05) is 34.8 Å². The normalized spacial score (nSPS) is 18.8. The summed E-state index contributed by atoms with van der Waals surface area (Å²) in [6.07, 6.45) is 2.73. The summed E-state index contributed by atoms with van der Waals surface area (Å²) >= 11 is 3.50. The van der Waals surface area contributed by atoms with Crippen molar-refractivity contribution in [3.8, 4) is 5.75 Å². The lowest BCUT2D eigenvalue weighted by molar-refractivity contribution is -0.131. The van der Waals surface area contributed by atoms with Gasteiger partial charge in [-0.1, -0.05) is 28.1 Å². The number of aryl methyl sites for hydroxylation is 1. The van der Waals surface area contributed by atoms with E-state index in [1.807, 2.05) is 33.0 Å². The number of halogens is 1. The van der Waals surface area contributed by atoms with Crippen LogP contribution in [-0.4, -0.2) is 29.9 Å². The van der Waals surface area contributed by atoms with E-state index in [9.17, 15) is 4.79 Å². The van der Waals surface area contributed by atoms with Crippen LogP contribution in [0.1, 0.15) is 34.7 Å². The molecule has 25 heavy (non-hydrogen) atoms. The van der Waals surface area contributed by atoms with Crippen molar-refractivity contribution in [2.75, 3.05) is 14.2 Å². The van der Waals surface area contributed by atoms with Crippen molar-refractivity contribution in [3.05, 3.63) is 57.3 Å². The van der Waals surface area contributed by atoms with Crippen LogP contribution >= 0.6 is 15.9 Å². The fourth-order valence-corrected chi connectivity index (χ4v) is 3.81. The maximum atomic E-state index is 12.8. The molecule has 0 aliphatic heterocycles. The highest BCUT2D eigenvalue weighted by Gasteiger charge is 2.45. The summed E-state index contributed by atoms with van der Waals surface area (Å²) in [5.74, 6) is 1.44. The van der Waals surface area contributed by atoms with Gasteiger partial charge in [-0.2, -0.15) is 0 Å². The van der Waals surface area contributed by atoms with Gasteiger partial charge in [0.05, 0.1) is 19.3 Å². The van der Waals surface area contributed by atoms with Crippen molar-refractivity contribution < 1.29 is 9.53 Å². The predicted octanol–water partition coefficient (Wildman–Crippen LogP) is 4.23. The zero-order chi connectivity index (χ0) is 18.1. The van der Waals surface area contributed by atoms with Gasteiger partial charge in [-0.05, 0) is 43.9 Å². The maximum Gasteiger partial charge on any atom is 0.226 e. The van der Waals surface area contributed by atoms with Crippen molar-refractivity contribution in [3.63, 3.8) is 0 Å². The molecule has 0 spiro atoms. The van der Waals surface area contributed by atoms with Crippen LogP contribution in [0.25, 0.3) is 0 Å². The molecule has 4 nitrogen and oxygen atoms in total. The SMILES string of the molecule is COc1c(C)cnc(CN(C)C(=O)C2CC2c2cccc(Br)c2)c1C.